The second-order valence-corrected chi connectivity index (χ2v) is 5.27. The topological polar surface area (TPSA) is 45.2 Å². The van der Waals surface area contributed by atoms with Gasteiger partial charge in [-0.1, -0.05) is 12.1 Å². The van der Waals surface area contributed by atoms with Crippen LogP contribution in [0.15, 0.2) is 35.8 Å². The first kappa shape index (κ1) is 16.3. The van der Waals surface area contributed by atoms with Crippen LogP contribution in [0.25, 0.3) is 0 Å². The van der Waals surface area contributed by atoms with E-state index in [-0.39, 0.29) is 12.2 Å². The number of aromatic nitrogens is 1. The van der Waals surface area contributed by atoms with Crippen LogP contribution in [-0.2, 0) is 11.0 Å². The number of benzene rings is 1. The minimum absolute atomic E-state index is 0.134. The zero-order chi connectivity index (χ0) is 16.0. The third-order valence-electron chi connectivity index (χ3n) is 2.88. The van der Waals surface area contributed by atoms with Gasteiger partial charge in [-0.3, -0.25) is 4.79 Å². The molecule has 8 heteroatoms. The molecular weight excluding hydrogens is 315 g/mol. The van der Waals surface area contributed by atoms with Gasteiger partial charge < -0.3 is 10.2 Å². The molecule has 0 saturated heterocycles. The van der Waals surface area contributed by atoms with Crippen molar-refractivity contribution in [1.29, 1.82) is 0 Å². The minimum Gasteiger partial charge on any atom is -0.361 e. The van der Waals surface area contributed by atoms with Crippen molar-refractivity contribution in [2.24, 2.45) is 0 Å². The summed E-state index contributed by atoms with van der Waals surface area (Å²) >= 11 is 1.43. The predicted octanol–water partition coefficient (Wildman–Crippen LogP) is 3.54. The molecule has 1 N–H and O–H groups in total. The van der Waals surface area contributed by atoms with Crippen LogP contribution >= 0.6 is 11.3 Å². The van der Waals surface area contributed by atoms with Crippen molar-refractivity contribution in [3.8, 4) is 0 Å². The molecule has 1 heterocycles. The smallest absolute Gasteiger partial charge is 0.361 e. The quantitative estimate of drug-likeness (QED) is 0.625. The van der Waals surface area contributed by atoms with Crippen molar-refractivity contribution >= 4 is 28.6 Å². The zero-order valence-electron chi connectivity index (χ0n) is 11.4. The summed E-state index contributed by atoms with van der Waals surface area (Å²) in [5.74, 6) is 0. The fraction of sp³-hybridized carbons (Fsp3) is 0.286. The van der Waals surface area contributed by atoms with E-state index in [0.717, 1.165) is 16.1 Å². The molecule has 0 saturated carbocycles. The number of thiazole rings is 1. The summed E-state index contributed by atoms with van der Waals surface area (Å²) in [6.07, 6.45) is -0.818. The molecule has 0 aliphatic heterocycles. The molecule has 0 atom stereocenters. The molecule has 0 spiro atoms. The van der Waals surface area contributed by atoms with Crippen molar-refractivity contribution in [2.45, 2.75) is 12.6 Å². The highest BCUT2D eigenvalue weighted by atomic mass is 32.1. The van der Waals surface area contributed by atoms with E-state index >= 15 is 0 Å². The molecule has 0 aliphatic carbocycles. The van der Waals surface area contributed by atoms with Gasteiger partial charge in [0, 0.05) is 24.7 Å². The van der Waals surface area contributed by atoms with E-state index in [0.29, 0.717) is 13.0 Å². The highest BCUT2D eigenvalue weighted by molar-refractivity contribution is 7.13. The van der Waals surface area contributed by atoms with Gasteiger partial charge >= 0.3 is 12.6 Å². The lowest BCUT2D eigenvalue weighted by molar-refractivity contribution is -0.137. The number of hydrogen-bond acceptors (Lipinski definition) is 4. The van der Waals surface area contributed by atoms with Crippen LogP contribution in [0.4, 0.5) is 24.0 Å². The summed E-state index contributed by atoms with van der Waals surface area (Å²) in [6, 6.07) is 4.97. The first-order valence-corrected chi connectivity index (χ1v) is 7.35. The number of carbonyl (C=O) groups excluding carboxylic acids is 1. The van der Waals surface area contributed by atoms with Gasteiger partial charge in [-0.05, 0) is 18.6 Å². The molecular formula is C14H13F3N3OS. The van der Waals surface area contributed by atoms with Crippen LogP contribution in [0.5, 0.6) is 0 Å². The lowest BCUT2D eigenvalue weighted by atomic mass is 10.1. The largest absolute Gasteiger partial charge is 0.418 e. The van der Waals surface area contributed by atoms with Crippen molar-refractivity contribution in [3.05, 3.63) is 41.4 Å². The number of anilines is 2. The molecule has 1 radical (unpaired) electrons. The Labute approximate surface area is 129 Å². The maximum absolute atomic E-state index is 12.9. The Hall–Kier alpha value is -2.09. The lowest BCUT2D eigenvalue weighted by Crippen LogP contribution is -2.26. The number of nitrogens with zero attached hydrogens (tertiary/aromatic N) is 2. The van der Waals surface area contributed by atoms with Gasteiger partial charge in [-0.2, -0.15) is 13.2 Å². The SMILES string of the molecule is O=[C]N(CCCNc1nccs1)c1ccccc1C(F)(F)F. The van der Waals surface area contributed by atoms with E-state index in [1.54, 1.807) is 12.6 Å². The molecule has 0 unspecified atom stereocenters. The maximum Gasteiger partial charge on any atom is 0.418 e. The maximum atomic E-state index is 12.9. The van der Waals surface area contributed by atoms with E-state index in [4.69, 9.17) is 0 Å². The number of hydrogen-bond donors (Lipinski definition) is 1. The summed E-state index contributed by atoms with van der Waals surface area (Å²) in [4.78, 5) is 16.0. The van der Waals surface area contributed by atoms with Gasteiger partial charge in [0.05, 0.1) is 11.3 Å². The molecule has 1 aromatic carbocycles. The predicted molar refractivity (Wildman–Crippen MR) is 79.7 cm³/mol. The summed E-state index contributed by atoms with van der Waals surface area (Å²) in [6.45, 7) is 0.634. The monoisotopic (exact) mass is 328 g/mol. The zero-order valence-corrected chi connectivity index (χ0v) is 12.2. The number of alkyl halides is 3. The second kappa shape index (κ2) is 7.26. The standard InChI is InChI=1S/C14H13F3N3OS/c15-14(16,17)11-4-1-2-5-12(11)20(10-21)8-3-6-18-13-19-7-9-22-13/h1-2,4-5,7,9H,3,6,8H2,(H,18,19). The molecule has 0 aliphatic rings. The molecule has 22 heavy (non-hydrogen) atoms. The summed E-state index contributed by atoms with van der Waals surface area (Å²) in [7, 11) is 0. The van der Waals surface area contributed by atoms with E-state index in [9.17, 15) is 18.0 Å². The van der Waals surface area contributed by atoms with Gasteiger partial charge in [0.2, 0.25) is 0 Å². The first-order valence-electron chi connectivity index (χ1n) is 6.47. The summed E-state index contributed by atoms with van der Waals surface area (Å²) < 4.78 is 38.8. The Morgan fingerprint density at radius 3 is 2.73 bits per heavy atom. The van der Waals surface area contributed by atoms with Crippen molar-refractivity contribution in [2.75, 3.05) is 23.3 Å². The highest BCUT2D eigenvalue weighted by Crippen LogP contribution is 2.36. The molecule has 2 aromatic rings. The van der Waals surface area contributed by atoms with Gasteiger partial charge in [0.25, 0.3) is 0 Å². The number of rotatable bonds is 7. The van der Waals surface area contributed by atoms with Crippen LogP contribution in [-0.4, -0.2) is 24.5 Å². The molecule has 0 bridgehead atoms. The van der Waals surface area contributed by atoms with Crippen LogP contribution in [0, 0.1) is 0 Å². The lowest BCUT2D eigenvalue weighted by Gasteiger charge is -2.21. The molecule has 0 fully saturated rings. The third-order valence-corrected chi connectivity index (χ3v) is 3.61. The summed E-state index contributed by atoms with van der Waals surface area (Å²) in [5.41, 5.74) is -1.02. The average molecular weight is 328 g/mol. The number of halogens is 3. The molecule has 117 valence electrons. The Bertz CT molecular complexity index is 602. The van der Waals surface area contributed by atoms with Crippen molar-refractivity contribution < 1.29 is 18.0 Å². The Kier molecular flexibility index (Phi) is 5.37. The van der Waals surface area contributed by atoms with Crippen molar-refractivity contribution in [3.63, 3.8) is 0 Å². The fourth-order valence-corrected chi connectivity index (χ4v) is 2.46. The fourth-order valence-electron chi connectivity index (χ4n) is 1.91. The molecule has 2 rings (SSSR count). The van der Waals surface area contributed by atoms with E-state index in [2.05, 4.69) is 10.3 Å². The second-order valence-electron chi connectivity index (χ2n) is 4.38. The number of amides is 1. The third kappa shape index (κ3) is 4.20. The van der Waals surface area contributed by atoms with Crippen LogP contribution in [0.1, 0.15) is 12.0 Å². The van der Waals surface area contributed by atoms with Gasteiger partial charge in [0.1, 0.15) is 0 Å². The number of para-hydroxylation sites is 1. The van der Waals surface area contributed by atoms with E-state index in [1.165, 1.54) is 29.5 Å². The summed E-state index contributed by atoms with van der Waals surface area (Å²) in [5, 5.41) is 5.58. The first-order chi connectivity index (χ1) is 10.5. The Morgan fingerprint density at radius 2 is 2.09 bits per heavy atom. The minimum atomic E-state index is -4.51. The average Bonchev–Trinajstić information content (AvgIpc) is 3.00. The molecule has 1 aromatic heterocycles. The highest BCUT2D eigenvalue weighted by Gasteiger charge is 2.34. The van der Waals surface area contributed by atoms with Gasteiger partial charge in [-0.15, -0.1) is 11.3 Å². The molecule has 1 amide bonds. The number of nitrogens with one attached hydrogen (secondary N) is 1. The van der Waals surface area contributed by atoms with Crippen molar-refractivity contribution in [1.82, 2.24) is 4.98 Å². The molecule has 4 nitrogen and oxygen atoms in total. The Balaban J connectivity index is 1.98. The van der Waals surface area contributed by atoms with Gasteiger partial charge in [-0.25, -0.2) is 4.98 Å². The van der Waals surface area contributed by atoms with E-state index < -0.39 is 11.7 Å². The normalized spacial score (nSPS) is 11.2. The van der Waals surface area contributed by atoms with Crippen LogP contribution in [0.3, 0.4) is 0 Å². The van der Waals surface area contributed by atoms with Crippen LogP contribution < -0.4 is 10.2 Å². The van der Waals surface area contributed by atoms with Crippen LogP contribution in [0.2, 0.25) is 0 Å². The Morgan fingerprint density at radius 1 is 1.32 bits per heavy atom. The van der Waals surface area contributed by atoms with Gasteiger partial charge in [0.15, 0.2) is 5.13 Å². The van der Waals surface area contributed by atoms with E-state index in [1.807, 2.05) is 5.38 Å².